The van der Waals surface area contributed by atoms with E-state index in [0.29, 0.717) is 16.8 Å². The monoisotopic (exact) mass is 210 g/mol. The van der Waals surface area contributed by atoms with E-state index in [2.05, 4.69) is 10.3 Å². The minimum Gasteiger partial charge on any atom is -0.427 e. The third-order valence-corrected chi connectivity index (χ3v) is 1.84. The van der Waals surface area contributed by atoms with Crippen LogP contribution in [0.4, 0.5) is 5.69 Å². The number of nitrogens with zero attached hydrogens (tertiary/aromatic N) is 1. The lowest BCUT2D eigenvalue weighted by molar-refractivity contribution is -0.114. The van der Waals surface area contributed by atoms with Crippen molar-refractivity contribution in [2.45, 2.75) is 6.92 Å². The van der Waals surface area contributed by atoms with Crippen LogP contribution in [-0.2, 0) is 4.79 Å². The van der Waals surface area contributed by atoms with Gasteiger partial charge in [0.05, 0.1) is 0 Å². The molecule has 0 bridgehead atoms. The van der Waals surface area contributed by atoms with Gasteiger partial charge in [-0.15, -0.1) is 0 Å². The highest BCUT2D eigenvalue weighted by atomic mass is 35.5. The molecule has 5 heteroatoms. The number of amides is 1. The number of oxazole rings is 1. The van der Waals surface area contributed by atoms with Gasteiger partial charge in [0.15, 0.2) is 5.58 Å². The number of halogens is 1. The quantitative estimate of drug-likeness (QED) is 0.787. The predicted octanol–water partition coefficient (Wildman–Crippen LogP) is 2.44. The SMILES string of the molecule is CC(=O)Nc1ccc2nc(Cl)oc2c1. The van der Waals surface area contributed by atoms with E-state index in [1.807, 2.05) is 0 Å². The summed E-state index contributed by atoms with van der Waals surface area (Å²) >= 11 is 5.58. The van der Waals surface area contributed by atoms with E-state index < -0.39 is 0 Å². The van der Waals surface area contributed by atoms with Crippen LogP contribution >= 0.6 is 11.6 Å². The van der Waals surface area contributed by atoms with Crippen LogP contribution in [0.15, 0.2) is 22.6 Å². The highest BCUT2D eigenvalue weighted by Gasteiger charge is 2.04. The summed E-state index contributed by atoms with van der Waals surface area (Å²) in [6.07, 6.45) is 0. The van der Waals surface area contributed by atoms with Crippen molar-refractivity contribution in [2.24, 2.45) is 0 Å². The van der Waals surface area contributed by atoms with Gasteiger partial charge in [-0.1, -0.05) is 0 Å². The second kappa shape index (κ2) is 3.31. The number of anilines is 1. The molecule has 1 heterocycles. The first-order valence-corrected chi connectivity index (χ1v) is 4.36. The highest BCUT2D eigenvalue weighted by molar-refractivity contribution is 6.28. The molecule has 0 saturated heterocycles. The van der Waals surface area contributed by atoms with Gasteiger partial charge in [-0.05, 0) is 23.7 Å². The zero-order valence-corrected chi connectivity index (χ0v) is 8.13. The van der Waals surface area contributed by atoms with Crippen LogP contribution in [-0.4, -0.2) is 10.9 Å². The van der Waals surface area contributed by atoms with E-state index in [-0.39, 0.29) is 11.3 Å². The number of hydrogen-bond acceptors (Lipinski definition) is 3. The molecule has 72 valence electrons. The fraction of sp³-hybridized carbons (Fsp3) is 0.111. The van der Waals surface area contributed by atoms with Crippen LogP contribution in [0, 0.1) is 0 Å². The van der Waals surface area contributed by atoms with E-state index in [4.69, 9.17) is 16.0 Å². The standard InChI is InChI=1S/C9H7ClN2O2/c1-5(13)11-6-2-3-7-8(4-6)14-9(10)12-7/h2-4H,1H3,(H,11,13). The zero-order chi connectivity index (χ0) is 10.1. The Kier molecular flexibility index (Phi) is 2.13. The molecular weight excluding hydrogens is 204 g/mol. The van der Waals surface area contributed by atoms with E-state index in [1.54, 1.807) is 18.2 Å². The average Bonchev–Trinajstić information content (AvgIpc) is 2.42. The predicted molar refractivity (Wildman–Crippen MR) is 53.3 cm³/mol. The van der Waals surface area contributed by atoms with E-state index >= 15 is 0 Å². The maximum Gasteiger partial charge on any atom is 0.293 e. The van der Waals surface area contributed by atoms with Crippen molar-refractivity contribution >= 4 is 34.3 Å². The van der Waals surface area contributed by atoms with Gasteiger partial charge in [0.25, 0.3) is 5.35 Å². The molecule has 0 radical (unpaired) electrons. The molecule has 1 aromatic heterocycles. The van der Waals surface area contributed by atoms with Crippen LogP contribution in [0.2, 0.25) is 5.35 Å². The minimum absolute atomic E-state index is 0.0972. The maximum absolute atomic E-state index is 10.8. The highest BCUT2D eigenvalue weighted by Crippen LogP contribution is 2.22. The molecule has 1 N–H and O–H groups in total. The Labute approximate surface area is 84.9 Å². The Balaban J connectivity index is 2.45. The topological polar surface area (TPSA) is 55.1 Å². The summed E-state index contributed by atoms with van der Waals surface area (Å²) in [5, 5.41) is 2.73. The van der Waals surface area contributed by atoms with Crippen LogP contribution in [0.5, 0.6) is 0 Å². The number of benzene rings is 1. The number of carbonyl (C=O) groups is 1. The van der Waals surface area contributed by atoms with Gasteiger partial charge in [0.2, 0.25) is 5.91 Å². The fourth-order valence-electron chi connectivity index (χ4n) is 1.18. The second-order valence-corrected chi connectivity index (χ2v) is 3.15. The van der Waals surface area contributed by atoms with Crippen LogP contribution in [0.1, 0.15) is 6.92 Å². The number of rotatable bonds is 1. The van der Waals surface area contributed by atoms with Crippen molar-refractivity contribution in [3.8, 4) is 0 Å². The van der Waals surface area contributed by atoms with E-state index in [1.165, 1.54) is 6.92 Å². The Morgan fingerprint density at radius 3 is 3.07 bits per heavy atom. The first-order valence-electron chi connectivity index (χ1n) is 3.99. The van der Waals surface area contributed by atoms with Gasteiger partial charge in [-0.3, -0.25) is 4.79 Å². The summed E-state index contributed by atoms with van der Waals surface area (Å²) < 4.78 is 5.09. The van der Waals surface area contributed by atoms with Crippen LogP contribution in [0.25, 0.3) is 11.1 Å². The lowest BCUT2D eigenvalue weighted by Gasteiger charge is -1.99. The summed E-state index contributed by atoms with van der Waals surface area (Å²) in [6.45, 7) is 1.44. The lowest BCUT2D eigenvalue weighted by Crippen LogP contribution is -2.05. The third-order valence-electron chi connectivity index (χ3n) is 1.68. The van der Waals surface area contributed by atoms with Crippen molar-refractivity contribution in [1.82, 2.24) is 4.98 Å². The van der Waals surface area contributed by atoms with Crippen LogP contribution < -0.4 is 5.32 Å². The Hall–Kier alpha value is -1.55. The molecule has 1 aromatic carbocycles. The summed E-state index contributed by atoms with van der Waals surface area (Å²) in [6, 6.07) is 5.15. The van der Waals surface area contributed by atoms with E-state index in [0.717, 1.165) is 0 Å². The van der Waals surface area contributed by atoms with Crippen molar-refractivity contribution in [3.05, 3.63) is 23.5 Å². The van der Waals surface area contributed by atoms with Crippen molar-refractivity contribution in [1.29, 1.82) is 0 Å². The number of nitrogens with one attached hydrogen (secondary N) is 1. The minimum atomic E-state index is -0.130. The zero-order valence-electron chi connectivity index (χ0n) is 7.37. The molecule has 0 atom stereocenters. The molecule has 4 nitrogen and oxygen atoms in total. The summed E-state index contributed by atoms with van der Waals surface area (Å²) in [4.78, 5) is 14.7. The third kappa shape index (κ3) is 1.70. The molecule has 1 amide bonds. The summed E-state index contributed by atoms with van der Waals surface area (Å²) in [5.41, 5.74) is 1.89. The summed E-state index contributed by atoms with van der Waals surface area (Å²) in [5.74, 6) is -0.130. The molecule has 0 fully saturated rings. The van der Waals surface area contributed by atoms with Gasteiger partial charge in [0, 0.05) is 18.7 Å². The molecule has 2 aromatic rings. The summed E-state index contributed by atoms with van der Waals surface area (Å²) in [7, 11) is 0. The van der Waals surface area contributed by atoms with Gasteiger partial charge in [-0.25, -0.2) is 0 Å². The first kappa shape index (κ1) is 9.02. The molecule has 0 aliphatic rings. The first-order chi connectivity index (χ1) is 6.65. The molecule has 0 unspecified atom stereocenters. The van der Waals surface area contributed by atoms with Gasteiger partial charge < -0.3 is 9.73 Å². The molecule has 0 saturated carbocycles. The Morgan fingerprint density at radius 2 is 2.36 bits per heavy atom. The van der Waals surface area contributed by atoms with Crippen molar-refractivity contribution < 1.29 is 9.21 Å². The molecule has 14 heavy (non-hydrogen) atoms. The molecular formula is C9H7ClN2O2. The smallest absolute Gasteiger partial charge is 0.293 e. The van der Waals surface area contributed by atoms with E-state index in [9.17, 15) is 4.79 Å². The van der Waals surface area contributed by atoms with Crippen molar-refractivity contribution in [3.63, 3.8) is 0 Å². The molecule has 0 spiro atoms. The number of aromatic nitrogens is 1. The number of hydrogen-bond donors (Lipinski definition) is 1. The largest absolute Gasteiger partial charge is 0.427 e. The normalized spacial score (nSPS) is 10.4. The van der Waals surface area contributed by atoms with Crippen LogP contribution in [0.3, 0.4) is 0 Å². The Bertz CT molecular complexity index is 493. The van der Waals surface area contributed by atoms with Gasteiger partial charge >= 0.3 is 0 Å². The second-order valence-electron chi connectivity index (χ2n) is 2.83. The van der Waals surface area contributed by atoms with Crippen molar-refractivity contribution in [2.75, 3.05) is 5.32 Å². The fourth-order valence-corrected chi connectivity index (χ4v) is 1.35. The number of fused-ring (bicyclic) bond motifs is 1. The number of carbonyl (C=O) groups excluding carboxylic acids is 1. The molecule has 0 aliphatic carbocycles. The lowest BCUT2D eigenvalue weighted by atomic mass is 10.3. The Morgan fingerprint density at radius 1 is 1.57 bits per heavy atom. The average molecular weight is 211 g/mol. The molecule has 0 aliphatic heterocycles. The van der Waals surface area contributed by atoms with Gasteiger partial charge in [0.1, 0.15) is 5.52 Å². The molecule has 2 rings (SSSR count). The maximum atomic E-state index is 10.8. The van der Waals surface area contributed by atoms with Gasteiger partial charge in [-0.2, -0.15) is 4.98 Å².